The van der Waals surface area contributed by atoms with Crippen molar-refractivity contribution in [3.63, 3.8) is 0 Å². The molecule has 4 heterocycles. The number of likely N-dealkylation sites (tertiary alicyclic amines) is 1. The molecular weight excluding hydrogens is 346 g/mol. The summed E-state index contributed by atoms with van der Waals surface area (Å²) in [6.45, 7) is 8.77. The van der Waals surface area contributed by atoms with Crippen LogP contribution < -0.4 is 10.2 Å². The van der Waals surface area contributed by atoms with Gasteiger partial charge in [0.15, 0.2) is 0 Å². The van der Waals surface area contributed by atoms with Crippen molar-refractivity contribution in [1.29, 1.82) is 0 Å². The fraction of sp³-hybridized carbons (Fsp3) is 0.737. The third-order valence-electron chi connectivity index (χ3n) is 5.61. The third-order valence-corrected chi connectivity index (χ3v) is 5.61. The lowest BCUT2D eigenvalue weighted by Crippen LogP contribution is -2.51. The predicted molar refractivity (Wildman–Crippen MR) is 101 cm³/mol. The van der Waals surface area contributed by atoms with Gasteiger partial charge in [0.05, 0.1) is 19.8 Å². The second-order valence-electron chi connectivity index (χ2n) is 7.46. The first-order chi connectivity index (χ1) is 13.2. The van der Waals surface area contributed by atoms with Crippen molar-refractivity contribution in [2.45, 2.75) is 31.8 Å². The fourth-order valence-corrected chi connectivity index (χ4v) is 4.06. The number of carbonyl (C=O) groups excluding carboxylic acids is 1. The molecule has 0 spiro atoms. The molecule has 3 fully saturated rings. The number of ether oxygens (including phenoxy) is 2. The number of rotatable bonds is 3. The normalized spacial score (nSPS) is 24.9. The van der Waals surface area contributed by atoms with Gasteiger partial charge in [-0.1, -0.05) is 0 Å². The summed E-state index contributed by atoms with van der Waals surface area (Å²) < 4.78 is 11.1. The zero-order valence-electron chi connectivity index (χ0n) is 16.0. The number of aromatic nitrogens is 2. The summed E-state index contributed by atoms with van der Waals surface area (Å²) in [5.74, 6) is 2.31. The number of aryl methyl sites for hydroxylation is 1. The standard InChI is InChI=1S/C19H29N5O3/c1-14-21-16(12-18(22-14)23-7-10-26-11-8-23)15-2-5-24(6-3-15)19(25)17-13-20-4-9-27-17/h12,15,17,20H,2-11,13H2,1H3/t17-/m1/s1. The maximum absolute atomic E-state index is 12.6. The van der Waals surface area contributed by atoms with Gasteiger partial charge in [-0.2, -0.15) is 0 Å². The summed E-state index contributed by atoms with van der Waals surface area (Å²) in [4.78, 5) is 26.2. The average molecular weight is 375 g/mol. The molecule has 0 aliphatic carbocycles. The average Bonchev–Trinajstić information content (AvgIpc) is 2.74. The summed E-state index contributed by atoms with van der Waals surface area (Å²) in [5, 5.41) is 3.23. The number of hydrogen-bond acceptors (Lipinski definition) is 7. The maximum Gasteiger partial charge on any atom is 0.253 e. The Morgan fingerprint density at radius 1 is 1.15 bits per heavy atom. The van der Waals surface area contributed by atoms with Gasteiger partial charge in [0.25, 0.3) is 5.91 Å². The van der Waals surface area contributed by atoms with Crippen molar-refractivity contribution in [2.24, 2.45) is 0 Å². The molecule has 1 amide bonds. The highest BCUT2D eigenvalue weighted by molar-refractivity contribution is 5.81. The Kier molecular flexibility index (Phi) is 5.85. The van der Waals surface area contributed by atoms with Gasteiger partial charge >= 0.3 is 0 Å². The van der Waals surface area contributed by atoms with Gasteiger partial charge in [0.1, 0.15) is 17.7 Å². The molecule has 1 atom stereocenters. The molecule has 8 nitrogen and oxygen atoms in total. The number of anilines is 1. The van der Waals surface area contributed by atoms with Gasteiger partial charge in [-0.3, -0.25) is 4.79 Å². The van der Waals surface area contributed by atoms with E-state index in [1.807, 2.05) is 11.8 Å². The Hall–Kier alpha value is -1.77. The molecule has 1 aromatic rings. The van der Waals surface area contributed by atoms with Gasteiger partial charge < -0.3 is 24.6 Å². The highest BCUT2D eigenvalue weighted by atomic mass is 16.5. The number of carbonyl (C=O) groups is 1. The number of nitrogens with zero attached hydrogens (tertiary/aromatic N) is 4. The summed E-state index contributed by atoms with van der Waals surface area (Å²) >= 11 is 0. The number of morpholine rings is 2. The topological polar surface area (TPSA) is 79.8 Å². The van der Waals surface area contributed by atoms with Crippen LogP contribution in [0.4, 0.5) is 5.82 Å². The zero-order chi connectivity index (χ0) is 18.6. The third kappa shape index (κ3) is 4.39. The summed E-state index contributed by atoms with van der Waals surface area (Å²) in [6, 6.07) is 2.13. The van der Waals surface area contributed by atoms with Crippen LogP contribution >= 0.6 is 0 Å². The Bertz CT molecular complexity index is 651. The molecule has 27 heavy (non-hydrogen) atoms. The number of piperidine rings is 1. The molecule has 1 N–H and O–H groups in total. The van der Waals surface area contributed by atoms with Gasteiger partial charge in [0.2, 0.25) is 0 Å². The maximum atomic E-state index is 12.6. The molecular formula is C19H29N5O3. The van der Waals surface area contributed by atoms with Gasteiger partial charge in [0, 0.05) is 56.9 Å². The van der Waals surface area contributed by atoms with Crippen LogP contribution in [0.15, 0.2) is 6.07 Å². The molecule has 1 aromatic heterocycles. The van der Waals surface area contributed by atoms with E-state index in [0.29, 0.717) is 19.1 Å². The number of nitrogens with one attached hydrogen (secondary N) is 1. The van der Waals surface area contributed by atoms with E-state index in [1.54, 1.807) is 0 Å². The van der Waals surface area contributed by atoms with E-state index in [0.717, 1.165) is 76.1 Å². The lowest BCUT2D eigenvalue weighted by molar-refractivity contribution is -0.146. The van der Waals surface area contributed by atoms with Crippen LogP contribution in [0.25, 0.3) is 0 Å². The Morgan fingerprint density at radius 3 is 2.63 bits per heavy atom. The summed E-state index contributed by atoms with van der Waals surface area (Å²) in [5.41, 5.74) is 1.10. The van der Waals surface area contributed by atoms with Crippen LogP contribution in [0.2, 0.25) is 0 Å². The number of hydrogen-bond donors (Lipinski definition) is 1. The van der Waals surface area contributed by atoms with Gasteiger partial charge in [-0.15, -0.1) is 0 Å². The zero-order valence-corrected chi connectivity index (χ0v) is 16.0. The molecule has 0 saturated carbocycles. The summed E-state index contributed by atoms with van der Waals surface area (Å²) in [6.07, 6.45) is 1.54. The Balaban J connectivity index is 1.39. The molecule has 0 bridgehead atoms. The van der Waals surface area contributed by atoms with Crippen LogP contribution in [0.3, 0.4) is 0 Å². The van der Waals surface area contributed by atoms with E-state index in [1.165, 1.54) is 0 Å². The van der Waals surface area contributed by atoms with E-state index in [9.17, 15) is 4.79 Å². The first-order valence-electron chi connectivity index (χ1n) is 10.00. The molecule has 3 saturated heterocycles. The van der Waals surface area contributed by atoms with Crippen molar-refractivity contribution in [1.82, 2.24) is 20.2 Å². The van der Waals surface area contributed by atoms with E-state index in [-0.39, 0.29) is 12.0 Å². The second kappa shape index (κ2) is 8.50. The van der Waals surface area contributed by atoms with E-state index >= 15 is 0 Å². The predicted octanol–water partition coefficient (Wildman–Crippen LogP) is 0.316. The van der Waals surface area contributed by atoms with E-state index < -0.39 is 0 Å². The van der Waals surface area contributed by atoms with Crippen molar-refractivity contribution in [2.75, 3.05) is 64.0 Å². The molecule has 4 rings (SSSR count). The SMILES string of the molecule is Cc1nc(C2CCN(C(=O)[C@H]3CNCCO3)CC2)cc(N2CCOCC2)n1. The van der Waals surface area contributed by atoms with Crippen molar-refractivity contribution < 1.29 is 14.3 Å². The van der Waals surface area contributed by atoms with E-state index in [2.05, 4.69) is 21.3 Å². The molecule has 3 aliphatic heterocycles. The van der Waals surface area contributed by atoms with Crippen LogP contribution in [0.5, 0.6) is 0 Å². The molecule has 0 aromatic carbocycles. The Labute approximate surface area is 160 Å². The minimum atomic E-state index is -0.329. The fourth-order valence-electron chi connectivity index (χ4n) is 4.06. The monoisotopic (exact) mass is 375 g/mol. The quantitative estimate of drug-likeness (QED) is 0.815. The van der Waals surface area contributed by atoms with Crippen LogP contribution in [-0.2, 0) is 14.3 Å². The van der Waals surface area contributed by atoms with Crippen molar-refractivity contribution >= 4 is 11.7 Å². The van der Waals surface area contributed by atoms with Crippen molar-refractivity contribution in [3.8, 4) is 0 Å². The lowest BCUT2D eigenvalue weighted by atomic mass is 9.92. The van der Waals surface area contributed by atoms with Crippen LogP contribution in [0.1, 0.15) is 30.3 Å². The summed E-state index contributed by atoms with van der Waals surface area (Å²) in [7, 11) is 0. The van der Waals surface area contributed by atoms with E-state index in [4.69, 9.17) is 14.5 Å². The van der Waals surface area contributed by atoms with Gasteiger partial charge in [-0.25, -0.2) is 9.97 Å². The van der Waals surface area contributed by atoms with Crippen molar-refractivity contribution in [3.05, 3.63) is 17.6 Å². The minimum absolute atomic E-state index is 0.119. The lowest BCUT2D eigenvalue weighted by Gasteiger charge is -2.35. The van der Waals surface area contributed by atoms with Crippen LogP contribution in [-0.4, -0.2) is 86.0 Å². The Morgan fingerprint density at radius 2 is 1.93 bits per heavy atom. The molecule has 0 unspecified atom stereocenters. The molecule has 8 heteroatoms. The number of amides is 1. The molecule has 3 aliphatic rings. The minimum Gasteiger partial charge on any atom is -0.378 e. The smallest absolute Gasteiger partial charge is 0.253 e. The highest BCUT2D eigenvalue weighted by Crippen LogP contribution is 2.29. The molecule has 0 radical (unpaired) electrons. The highest BCUT2D eigenvalue weighted by Gasteiger charge is 2.31. The largest absolute Gasteiger partial charge is 0.378 e. The first kappa shape index (κ1) is 18.6. The first-order valence-corrected chi connectivity index (χ1v) is 10.00. The second-order valence-corrected chi connectivity index (χ2v) is 7.46. The molecule has 148 valence electrons. The van der Waals surface area contributed by atoms with Gasteiger partial charge in [-0.05, 0) is 19.8 Å². The van der Waals surface area contributed by atoms with Crippen LogP contribution in [0, 0.1) is 6.92 Å².